The second-order valence-electron chi connectivity index (χ2n) is 13.6. The monoisotopic (exact) mass is 809 g/mol. The van der Waals surface area contributed by atoms with Crippen molar-refractivity contribution in [2.45, 2.75) is 142 Å². The smallest absolute Gasteiger partial charge is 0.309 e. The number of carbonyl (C=O) groups is 3. The van der Waals surface area contributed by atoms with Crippen molar-refractivity contribution in [1.82, 2.24) is 0 Å². The van der Waals surface area contributed by atoms with Gasteiger partial charge in [-0.1, -0.05) is 185 Å². The van der Waals surface area contributed by atoms with Crippen LogP contribution in [-0.2, 0) is 28.6 Å². The molecule has 0 fully saturated rings. The Bertz CT molecular complexity index is 1440. The molecule has 0 rings (SSSR count). The molecule has 1 atom stereocenters. The number of ether oxygens (including phenoxy) is 3. The number of hydrogen-bond acceptors (Lipinski definition) is 6. The Kier molecular flexibility index (Phi) is 41.9. The van der Waals surface area contributed by atoms with Gasteiger partial charge < -0.3 is 14.2 Å². The molecule has 0 bridgehead atoms. The lowest BCUT2D eigenvalue weighted by Crippen LogP contribution is -2.30. The van der Waals surface area contributed by atoms with E-state index >= 15 is 0 Å². The van der Waals surface area contributed by atoms with E-state index in [1.807, 2.05) is 54.7 Å². The van der Waals surface area contributed by atoms with Crippen molar-refractivity contribution >= 4 is 17.9 Å². The van der Waals surface area contributed by atoms with Crippen molar-refractivity contribution < 1.29 is 28.6 Å². The zero-order valence-electron chi connectivity index (χ0n) is 36.7. The molecule has 59 heavy (non-hydrogen) atoms. The fourth-order valence-corrected chi connectivity index (χ4v) is 4.95. The van der Waals surface area contributed by atoms with Crippen LogP contribution in [-0.4, -0.2) is 37.2 Å². The second kappa shape index (κ2) is 45.7. The Morgan fingerprint density at radius 3 is 1.31 bits per heavy atom. The molecule has 0 aliphatic rings. The quantitative estimate of drug-likeness (QED) is 0.0206. The highest BCUT2D eigenvalue weighted by Gasteiger charge is 2.19. The number of hydrogen-bond donors (Lipinski definition) is 0. The summed E-state index contributed by atoms with van der Waals surface area (Å²) < 4.78 is 16.4. The van der Waals surface area contributed by atoms with Crippen LogP contribution in [0.2, 0.25) is 0 Å². The molecule has 0 aliphatic carbocycles. The van der Waals surface area contributed by atoms with E-state index in [2.05, 4.69) is 118 Å². The Balaban J connectivity index is 4.64. The summed E-state index contributed by atoms with van der Waals surface area (Å²) in [7, 11) is 0. The molecule has 0 aromatic carbocycles. The minimum atomic E-state index is -0.870. The molecular formula is C53H76O6. The molecule has 324 valence electrons. The minimum absolute atomic E-state index is 0.104. The zero-order valence-corrected chi connectivity index (χ0v) is 36.7. The summed E-state index contributed by atoms with van der Waals surface area (Å²) in [5, 5.41) is 0. The Labute approximate surface area is 359 Å². The normalized spacial score (nSPS) is 13.6. The minimum Gasteiger partial charge on any atom is -0.462 e. The van der Waals surface area contributed by atoms with Crippen LogP contribution in [0.15, 0.2) is 158 Å². The first-order chi connectivity index (χ1) is 29.0. The fourth-order valence-electron chi connectivity index (χ4n) is 4.95. The van der Waals surface area contributed by atoms with Crippen molar-refractivity contribution in [3.8, 4) is 0 Å². The first-order valence-electron chi connectivity index (χ1n) is 22.0. The van der Waals surface area contributed by atoms with Crippen molar-refractivity contribution in [3.63, 3.8) is 0 Å². The molecule has 0 saturated carbocycles. The third-order valence-corrected chi connectivity index (χ3v) is 8.15. The average molecular weight is 809 g/mol. The molecule has 0 spiro atoms. The van der Waals surface area contributed by atoms with Gasteiger partial charge in [-0.05, 0) is 89.9 Å². The molecule has 6 nitrogen and oxygen atoms in total. The van der Waals surface area contributed by atoms with Crippen LogP contribution >= 0.6 is 0 Å². The molecule has 6 heteroatoms. The van der Waals surface area contributed by atoms with Gasteiger partial charge in [0.1, 0.15) is 13.2 Å². The number of esters is 3. The van der Waals surface area contributed by atoms with Crippen LogP contribution in [0.3, 0.4) is 0 Å². The van der Waals surface area contributed by atoms with Crippen molar-refractivity contribution in [1.29, 1.82) is 0 Å². The lowest BCUT2D eigenvalue weighted by atomic mass is 10.1. The maximum absolute atomic E-state index is 12.7. The van der Waals surface area contributed by atoms with E-state index in [1.165, 1.54) is 0 Å². The third kappa shape index (κ3) is 44.0. The van der Waals surface area contributed by atoms with Crippen LogP contribution in [0.25, 0.3) is 0 Å². The molecule has 0 aromatic rings. The van der Waals surface area contributed by atoms with Crippen molar-refractivity contribution in [2.75, 3.05) is 13.2 Å². The molecule has 0 saturated heterocycles. The van der Waals surface area contributed by atoms with E-state index in [9.17, 15) is 14.4 Å². The van der Waals surface area contributed by atoms with E-state index in [4.69, 9.17) is 14.2 Å². The van der Waals surface area contributed by atoms with Crippen LogP contribution in [0.4, 0.5) is 0 Å². The Morgan fingerprint density at radius 2 is 0.797 bits per heavy atom. The van der Waals surface area contributed by atoms with Gasteiger partial charge in [0, 0.05) is 12.8 Å². The molecule has 0 amide bonds. The summed E-state index contributed by atoms with van der Waals surface area (Å²) in [6.07, 6.45) is 67.0. The lowest BCUT2D eigenvalue weighted by Gasteiger charge is -2.18. The van der Waals surface area contributed by atoms with Crippen molar-refractivity contribution in [2.24, 2.45) is 0 Å². The van der Waals surface area contributed by atoms with E-state index in [0.717, 1.165) is 83.5 Å². The molecule has 0 N–H and O–H groups in total. The zero-order chi connectivity index (χ0) is 43.0. The van der Waals surface area contributed by atoms with Gasteiger partial charge in [-0.25, -0.2) is 0 Å². The Hall–Kier alpha value is -4.97. The highest BCUT2D eigenvalue weighted by atomic mass is 16.6. The summed E-state index contributed by atoms with van der Waals surface area (Å²) >= 11 is 0. The van der Waals surface area contributed by atoms with Gasteiger partial charge in [0.2, 0.25) is 0 Å². The summed E-state index contributed by atoms with van der Waals surface area (Å²) in [6.45, 7) is 6.01. The lowest BCUT2D eigenvalue weighted by molar-refractivity contribution is -0.166. The first-order valence-corrected chi connectivity index (χ1v) is 22.0. The predicted molar refractivity (Wildman–Crippen MR) is 251 cm³/mol. The van der Waals surface area contributed by atoms with Crippen molar-refractivity contribution in [3.05, 3.63) is 158 Å². The van der Waals surface area contributed by atoms with E-state index in [0.29, 0.717) is 12.8 Å². The highest BCUT2D eigenvalue weighted by molar-refractivity contribution is 5.72. The largest absolute Gasteiger partial charge is 0.462 e. The number of rotatable bonds is 36. The summed E-state index contributed by atoms with van der Waals surface area (Å²) in [5.41, 5.74) is 0. The van der Waals surface area contributed by atoms with Crippen LogP contribution in [0.5, 0.6) is 0 Å². The number of unbranched alkanes of at least 4 members (excludes halogenated alkanes) is 3. The highest BCUT2D eigenvalue weighted by Crippen LogP contribution is 2.09. The topological polar surface area (TPSA) is 78.9 Å². The van der Waals surface area contributed by atoms with Gasteiger partial charge in [-0.2, -0.15) is 0 Å². The van der Waals surface area contributed by atoms with E-state index in [-0.39, 0.29) is 32.5 Å². The van der Waals surface area contributed by atoms with Gasteiger partial charge in [0.05, 0.1) is 6.42 Å². The van der Waals surface area contributed by atoms with Crippen LogP contribution < -0.4 is 0 Å². The van der Waals surface area contributed by atoms with Gasteiger partial charge >= 0.3 is 17.9 Å². The maximum Gasteiger partial charge on any atom is 0.309 e. The van der Waals surface area contributed by atoms with Crippen LogP contribution in [0.1, 0.15) is 136 Å². The molecule has 0 heterocycles. The third-order valence-electron chi connectivity index (χ3n) is 8.15. The summed E-state index contributed by atoms with van der Waals surface area (Å²) in [6, 6.07) is 0. The van der Waals surface area contributed by atoms with E-state index in [1.54, 1.807) is 6.08 Å². The van der Waals surface area contributed by atoms with Gasteiger partial charge in [0.15, 0.2) is 6.10 Å². The van der Waals surface area contributed by atoms with Gasteiger partial charge in [0.25, 0.3) is 0 Å². The molecular weight excluding hydrogens is 733 g/mol. The Morgan fingerprint density at radius 1 is 0.373 bits per heavy atom. The number of allylic oxidation sites excluding steroid dienone is 25. The fraction of sp³-hybridized carbons (Fsp3) is 0.453. The standard InChI is InChI=1S/C53H76O6/c1-4-7-10-13-16-19-21-23-24-25-26-27-28-30-31-34-37-40-43-46-52(55)58-49-50(48-57-51(54)45-42-39-36-33-18-15-12-9-6-3)59-53(56)47-44-41-38-35-32-29-22-20-17-14-11-8-5-2/h7-12,14,16-20,22-24,26-27,29-33,37,39-40,42,50H,4-6,13,15,21,25,28,34-36,38,41,43-49H2,1-3H3/b10-7-,11-8-,12-9-,17-14-,19-16-,22-20-,24-23-,27-26-,31-30-,32-29-,33-18-,40-37-,42-39-. The summed E-state index contributed by atoms with van der Waals surface area (Å²) in [5.74, 6) is -1.23. The molecule has 0 aliphatic heterocycles. The second-order valence-corrected chi connectivity index (χ2v) is 13.6. The maximum atomic E-state index is 12.7. The molecule has 1 unspecified atom stereocenters. The van der Waals surface area contributed by atoms with Gasteiger partial charge in [-0.15, -0.1) is 0 Å². The first kappa shape index (κ1) is 54.0. The predicted octanol–water partition coefficient (Wildman–Crippen LogP) is 14.3. The SMILES string of the molecule is CC\C=C/C=C\C=C/C=C\CCCCCC(=O)OC(COC(=O)C/C=C\C/C=C\C/C=C\CC)COC(=O)CC/C=C\C/C=C\C/C=C\C/C=C\C/C=C\C/C=C\CC. The van der Waals surface area contributed by atoms with Crippen LogP contribution in [0, 0.1) is 0 Å². The number of carbonyl (C=O) groups excluding carboxylic acids is 3. The van der Waals surface area contributed by atoms with Gasteiger partial charge in [-0.3, -0.25) is 14.4 Å². The molecule has 0 radical (unpaired) electrons. The molecule has 0 aromatic heterocycles. The summed E-state index contributed by atoms with van der Waals surface area (Å²) in [4.78, 5) is 37.6. The average Bonchev–Trinajstić information content (AvgIpc) is 3.23. The van der Waals surface area contributed by atoms with E-state index < -0.39 is 24.0 Å².